The lowest BCUT2D eigenvalue weighted by atomic mass is 9.82. The van der Waals surface area contributed by atoms with Gasteiger partial charge in [-0.3, -0.25) is 0 Å². The molecular formula is C24H24FN7OS. The molecule has 2 aromatic heterocycles. The van der Waals surface area contributed by atoms with Crippen LogP contribution in [0.2, 0.25) is 0 Å². The Labute approximate surface area is 200 Å². The number of alkyl halides is 1. The summed E-state index contributed by atoms with van der Waals surface area (Å²) in [5.41, 5.74) is 1.17. The number of aromatic nitrogens is 4. The highest BCUT2D eigenvalue weighted by Crippen LogP contribution is 2.39. The minimum absolute atomic E-state index is 0.00908. The van der Waals surface area contributed by atoms with E-state index in [2.05, 4.69) is 36.5 Å². The summed E-state index contributed by atoms with van der Waals surface area (Å²) in [6.07, 6.45) is 8.10. The lowest BCUT2D eigenvalue weighted by molar-refractivity contribution is 0.104. The number of aromatic hydroxyl groups is 1. The highest BCUT2D eigenvalue weighted by molar-refractivity contribution is 7.15. The number of benzene rings is 1. The Bertz CT molecular complexity index is 1240. The van der Waals surface area contributed by atoms with Gasteiger partial charge in [0.15, 0.2) is 11.6 Å². The third-order valence-corrected chi connectivity index (χ3v) is 7.96. The number of piperidine rings is 2. The molecule has 1 aliphatic carbocycles. The molecule has 0 amide bonds. The van der Waals surface area contributed by atoms with E-state index in [1.54, 1.807) is 18.3 Å². The van der Waals surface area contributed by atoms with Gasteiger partial charge in [0.05, 0.1) is 24.0 Å². The maximum atomic E-state index is 15.4. The Kier molecular flexibility index (Phi) is 5.38. The van der Waals surface area contributed by atoms with Gasteiger partial charge in [-0.1, -0.05) is 12.5 Å². The molecule has 174 valence electrons. The zero-order valence-electron chi connectivity index (χ0n) is 18.4. The second kappa shape index (κ2) is 8.56. The van der Waals surface area contributed by atoms with E-state index < -0.39 is 6.17 Å². The second-order valence-electron chi connectivity index (χ2n) is 9.30. The first kappa shape index (κ1) is 21.4. The van der Waals surface area contributed by atoms with Crippen LogP contribution < -0.4 is 10.2 Å². The third kappa shape index (κ3) is 3.89. The van der Waals surface area contributed by atoms with Crippen LogP contribution >= 0.6 is 11.3 Å². The summed E-state index contributed by atoms with van der Waals surface area (Å²) in [7, 11) is 0. The molecule has 2 aliphatic heterocycles. The van der Waals surface area contributed by atoms with Gasteiger partial charge in [0.1, 0.15) is 27.9 Å². The van der Waals surface area contributed by atoms with Crippen molar-refractivity contribution >= 4 is 17.2 Å². The zero-order valence-corrected chi connectivity index (χ0v) is 19.2. The predicted octanol–water partition coefficient (Wildman–Crippen LogP) is 3.83. The average Bonchev–Trinajstić information content (AvgIpc) is 3.57. The first-order chi connectivity index (χ1) is 16.6. The number of hydrogen-bond acceptors (Lipinski definition) is 9. The van der Waals surface area contributed by atoms with Crippen molar-refractivity contribution in [3.8, 4) is 33.8 Å². The van der Waals surface area contributed by atoms with Crippen molar-refractivity contribution < 1.29 is 9.50 Å². The number of thiazole rings is 1. The van der Waals surface area contributed by atoms with Crippen molar-refractivity contribution in [1.29, 1.82) is 5.26 Å². The van der Waals surface area contributed by atoms with E-state index in [1.807, 2.05) is 6.07 Å². The summed E-state index contributed by atoms with van der Waals surface area (Å²) in [6, 6.07) is 7.53. The van der Waals surface area contributed by atoms with Crippen molar-refractivity contribution in [2.45, 2.75) is 68.9 Å². The number of nitriles is 1. The van der Waals surface area contributed by atoms with Crippen molar-refractivity contribution in [3.63, 3.8) is 0 Å². The van der Waals surface area contributed by atoms with E-state index in [9.17, 15) is 5.11 Å². The molecule has 34 heavy (non-hydrogen) atoms. The number of nitrogens with one attached hydrogen (secondary N) is 1. The van der Waals surface area contributed by atoms with E-state index in [-0.39, 0.29) is 23.9 Å². The highest BCUT2D eigenvalue weighted by Gasteiger charge is 2.46. The average molecular weight is 478 g/mol. The van der Waals surface area contributed by atoms with Crippen LogP contribution in [0, 0.1) is 11.3 Å². The molecule has 2 bridgehead atoms. The Morgan fingerprint density at radius 2 is 2.03 bits per heavy atom. The molecule has 1 aromatic carbocycles. The van der Waals surface area contributed by atoms with Crippen LogP contribution in [0.1, 0.15) is 43.4 Å². The van der Waals surface area contributed by atoms with E-state index in [0.29, 0.717) is 38.7 Å². The Balaban J connectivity index is 1.25. The molecule has 1 saturated carbocycles. The van der Waals surface area contributed by atoms with Gasteiger partial charge in [-0.2, -0.15) is 5.26 Å². The van der Waals surface area contributed by atoms with Gasteiger partial charge in [0, 0.05) is 23.7 Å². The van der Waals surface area contributed by atoms with Crippen molar-refractivity contribution in [2.24, 2.45) is 0 Å². The van der Waals surface area contributed by atoms with Crippen LogP contribution in [0.3, 0.4) is 0 Å². The largest absolute Gasteiger partial charge is 0.507 e. The van der Waals surface area contributed by atoms with Gasteiger partial charge in [0.2, 0.25) is 0 Å². The molecule has 4 heterocycles. The molecule has 8 nitrogen and oxygen atoms in total. The topological polar surface area (TPSA) is 111 Å². The van der Waals surface area contributed by atoms with Crippen molar-refractivity contribution in [1.82, 2.24) is 25.5 Å². The van der Waals surface area contributed by atoms with E-state index in [0.717, 1.165) is 38.5 Å². The van der Waals surface area contributed by atoms with E-state index in [1.165, 1.54) is 17.5 Å². The van der Waals surface area contributed by atoms with Crippen LogP contribution in [-0.4, -0.2) is 55.6 Å². The molecule has 0 radical (unpaired) electrons. The Hall–Kier alpha value is -3.16. The summed E-state index contributed by atoms with van der Waals surface area (Å²) >= 11 is 1.26. The minimum atomic E-state index is -0.942. The van der Waals surface area contributed by atoms with Gasteiger partial charge in [-0.15, -0.1) is 21.5 Å². The van der Waals surface area contributed by atoms with Gasteiger partial charge in [0.25, 0.3) is 0 Å². The van der Waals surface area contributed by atoms with E-state index >= 15 is 4.39 Å². The van der Waals surface area contributed by atoms with Gasteiger partial charge in [-0.25, -0.2) is 14.4 Å². The number of halogens is 1. The summed E-state index contributed by atoms with van der Waals surface area (Å²) in [5.74, 6) is 0.913. The molecule has 2 N–H and O–H groups in total. The van der Waals surface area contributed by atoms with Crippen LogP contribution in [0.4, 0.5) is 10.2 Å². The molecule has 2 saturated heterocycles. The number of phenolic OH excluding ortho intramolecular Hbond substituents is 1. The van der Waals surface area contributed by atoms with Gasteiger partial charge < -0.3 is 15.3 Å². The fraction of sp³-hybridized carbons (Fsp3) is 0.458. The van der Waals surface area contributed by atoms with Gasteiger partial charge in [-0.05, 0) is 44.2 Å². The summed E-state index contributed by atoms with van der Waals surface area (Å²) < 4.78 is 15.4. The zero-order chi connectivity index (χ0) is 23.2. The minimum Gasteiger partial charge on any atom is -0.507 e. The Morgan fingerprint density at radius 3 is 2.74 bits per heavy atom. The van der Waals surface area contributed by atoms with Gasteiger partial charge >= 0.3 is 0 Å². The lowest BCUT2D eigenvalue weighted by Gasteiger charge is -2.47. The molecule has 0 spiro atoms. The monoisotopic (exact) mass is 477 g/mol. The molecule has 3 aliphatic rings. The second-order valence-corrected chi connectivity index (χ2v) is 10.3. The predicted molar refractivity (Wildman–Crippen MR) is 126 cm³/mol. The molecule has 6 rings (SSSR count). The molecule has 0 unspecified atom stereocenters. The number of phenols is 1. The number of rotatable bonds is 5. The summed E-state index contributed by atoms with van der Waals surface area (Å²) in [6.45, 7) is 0. The summed E-state index contributed by atoms with van der Waals surface area (Å²) in [5, 5.41) is 32.4. The van der Waals surface area contributed by atoms with Crippen LogP contribution in [-0.2, 0) is 0 Å². The fourth-order valence-corrected chi connectivity index (χ4v) is 5.96. The molecule has 10 heteroatoms. The van der Waals surface area contributed by atoms with Crippen LogP contribution in [0.25, 0.3) is 22.0 Å². The number of anilines is 1. The first-order valence-corrected chi connectivity index (χ1v) is 12.5. The molecule has 3 fully saturated rings. The maximum absolute atomic E-state index is 15.4. The molecule has 4 atom stereocenters. The summed E-state index contributed by atoms with van der Waals surface area (Å²) in [4.78, 5) is 11.3. The SMILES string of the molecule is N#Cc1cnc(-c2ccc(-c3ncc(N(C4CC4)[C@@H]4C[C@@H]5CCC[C@@H](N5)[C@@H]4F)nn3)c(O)c2)s1. The van der Waals surface area contributed by atoms with Crippen molar-refractivity contribution in [2.75, 3.05) is 4.90 Å². The number of nitrogens with zero attached hydrogens (tertiary/aromatic N) is 6. The third-order valence-electron chi connectivity index (χ3n) is 7.01. The molecule has 3 aromatic rings. The van der Waals surface area contributed by atoms with Crippen LogP contribution in [0.15, 0.2) is 30.6 Å². The standard InChI is InChI=1S/C24H24FN7OS/c25-22-18-3-1-2-14(29-18)9-19(22)32(15-5-6-15)21-12-27-23(31-30-21)17-7-4-13(8-20(17)33)24-28-11-16(10-26)34-24/h4,7-8,11-12,14-15,18-19,22,29,33H,1-3,5-6,9H2/t14-,18+,19+,22-/m0/s1. The first-order valence-electron chi connectivity index (χ1n) is 11.7. The van der Waals surface area contributed by atoms with Crippen molar-refractivity contribution in [3.05, 3.63) is 35.5 Å². The smallest absolute Gasteiger partial charge is 0.185 e. The number of fused-ring (bicyclic) bond motifs is 2. The van der Waals surface area contributed by atoms with Crippen LogP contribution in [0.5, 0.6) is 5.75 Å². The molecular weight excluding hydrogens is 453 g/mol. The number of hydrogen-bond donors (Lipinski definition) is 2. The normalized spacial score (nSPS) is 26.1. The lowest BCUT2D eigenvalue weighted by Crippen LogP contribution is -2.62. The fourth-order valence-electron chi connectivity index (χ4n) is 5.25. The quantitative estimate of drug-likeness (QED) is 0.570. The maximum Gasteiger partial charge on any atom is 0.185 e. The Morgan fingerprint density at radius 1 is 1.15 bits per heavy atom. The highest BCUT2D eigenvalue weighted by atomic mass is 32.1. The van der Waals surface area contributed by atoms with E-state index in [4.69, 9.17) is 5.26 Å².